The van der Waals surface area contributed by atoms with Crippen LogP contribution in [0.1, 0.15) is 35.7 Å². The Morgan fingerprint density at radius 1 is 1.21 bits per heavy atom. The molecule has 0 spiro atoms. The SMILES string of the molecule is COc1ccc(CCNC(=O)c2cc(NC(C)C)nc(C)n2)cc1. The van der Waals surface area contributed by atoms with E-state index in [-0.39, 0.29) is 11.9 Å². The number of aryl methyl sites for hydroxylation is 1. The minimum absolute atomic E-state index is 0.194. The standard InChI is InChI=1S/C18H24N4O2/c1-12(2)20-17-11-16(21-13(3)22-17)18(23)19-10-9-14-5-7-15(24-4)8-6-14/h5-8,11-12H,9-10H2,1-4H3,(H,19,23)(H,20,21,22). The number of anilines is 1. The summed E-state index contributed by atoms with van der Waals surface area (Å²) in [5.74, 6) is 1.86. The van der Waals surface area contributed by atoms with Crippen molar-refractivity contribution < 1.29 is 9.53 Å². The molecule has 0 saturated heterocycles. The van der Waals surface area contributed by atoms with E-state index in [0.29, 0.717) is 23.9 Å². The number of nitrogens with one attached hydrogen (secondary N) is 2. The molecule has 0 fully saturated rings. The smallest absolute Gasteiger partial charge is 0.270 e. The van der Waals surface area contributed by atoms with Crippen LogP contribution in [0.25, 0.3) is 0 Å². The van der Waals surface area contributed by atoms with Gasteiger partial charge in [0.2, 0.25) is 0 Å². The molecule has 0 aliphatic rings. The third kappa shape index (κ3) is 5.22. The zero-order valence-corrected chi connectivity index (χ0v) is 14.6. The van der Waals surface area contributed by atoms with Gasteiger partial charge in [0.25, 0.3) is 5.91 Å². The average molecular weight is 328 g/mol. The third-order valence-corrected chi connectivity index (χ3v) is 3.37. The fourth-order valence-electron chi connectivity index (χ4n) is 2.26. The summed E-state index contributed by atoms with van der Waals surface area (Å²) in [6.45, 7) is 6.36. The van der Waals surface area contributed by atoms with Crippen molar-refractivity contribution in [3.63, 3.8) is 0 Å². The summed E-state index contributed by atoms with van der Waals surface area (Å²) in [5.41, 5.74) is 1.51. The van der Waals surface area contributed by atoms with Gasteiger partial charge >= 0.3 is 0 Å². The van der Waals surface area contributed by atoms with Crippen LogP contribution in [-0.2, 0) is 6.42 Å². The van der Waals surface area contributed by atoms with E-state index in [0.717, 1.165) is 17.7 Å². The van der Waals surface area contributed by atoms with Gasteiger partial charge in [-0.3, -0.25) is 4.79 Å². The number of ether oxygens (including phenoxy) is 1. The largest absolute Gasteiger partial charge is 0.497 e. The van der Waals surface area contributed by atoms with E-state index in [9.17, 15) is 4.79 Å². The highest BCUT2D eigenvalue weighted by Crippen LogP contribution is 2.11. The maximum atomic E-state index is 12.3. The number of rotatable bonds is 7. The lowest BCUT2D eigenvalue weighted by Gasteiger charge is -2.11. The lowest BCUT2D eigenvalue weighted by atomic mass is 10.1. The molecule has 128 valence electrons. The van der Waals surface area contributed by atoms with Crippen molar-refractivity contribution in [2.24, 2.45) is 0 Å². The van der Waals surface area contributed by atoms with E-state index in [1.54, 1.807) is 20.1 Å². The van der Waals surface area contributed by atoms with Gasteiger partial charge < -0.3 is 15.4 Å². The van der Waals surface area contributed by atoms with Gasteiger partial charge in [0.15, 0.2) is 0 Å². The fourth-order valence-corrected chi connectivity index (χ4v) is 2.26. The molecule has 0 saturated carbocycles. The van der Waals surface area contributed by atoms with Crippen LogP contribution < -0.4 is 15.4 Å². The number of benzene rings is 1. The van der Waals surface area contributed by atoms with Gasteiger partial charge in [-0.1, -0.05) is 12.1 Å². The van der Waals surface area contributed by atoms with Crippen LogP contribution >= 0.6 is 0 Å². The van der Waals surface area contributed by atoms with E-state index < -0.39 is 0 Å². The molecule has 1 aromatic heterocycles. The Labute approximate surface area is 142 Å². The topological polar surface area (TPSA) is 76.1 Å². The van der Waals surface area contributed by atoms with Crippen molar-refractivity contribution in [1.29, 1.82) is 0 Å². The highest BCUT2D eigenvalue weighted by atomic mass is 16.5. The Kier molecular flexibility index (Phi) is 6.12. The summed E-state index contributed by atoms with van der Waals surface area (Å²) in [7, 11) is 1.64. The second-order valence-electron chi connectivity index (χ2n) is 5.84. The Balaban J connectivity index is 1.93. The molecule has 1 heterocycles. The van der Waals surface area contributed by atoms with Gasteiger partial charge in [0, 0.05) is 18.7 Å². The van der Waals surface area contributed by atoms with Gasteiger partial charge in [-0.2, -0.15) is 0 Å². The Morgan fingerprint density at radius 3 is 2.54 bits per heavy atom. The predicted octanol–water partition coefficient (Wildman–Crippen LogP) is 2.59. The van der Waals surface area contributed by atoms with E-state index in [1.165, 1.54) is 0 Å². The number of aromatic nitrogens is 2. The zero-order chi connectivity index (χ0) is 17.5. The number of carbonyl (C=O) groups excluding carboxylic acids is 1. The van der Waals surface area contributed by atoms with Gasteiger partial charge in [-0.25, -0.2) is 9.97 Å². The lowest BCUT2D eigenvalue weighted by molar-refractivity contribution is 0.0948. The average Bonchev–Trinajstić information content (AvgIpc) is 2.54. The van der Waals surface area contributed by atoms with Gasteiger partial charge in [-0.15, -0.1) is 0 Å². The first-order chi connectivity index (χ1) is 11.5. The number of hydrogen-bond acceptors (Lipinski definition) is 5. The van der Waals surface area contributed by atoms with E-state index in [1.807, 2.05) is 38.1 Å². The van der Waals surface area contributed by atoms with Crippen LogP contribution in [0, 0.1) is 6.92 Å². The van der Waals surface area contributed by atoms with E-state index in [4.69, 9.17) is 4.74 Å². The van der Waals surface area contributed by atoms with Crippen molar-refractivity contribution in [2.75, 3.05) is 19.0 Å². The van der Waals surface area contributed by atoms with Crippen molar-refractivity contribution >= 4 is 11.7 Å². The van der Waals surface area contributed by atoms with Crippen LogP contribution in [0.4, 0.5) is 5.82 Å². The maximum absolute atomic E-state index is 12.3. The second kappa shape index (κ2) is 8.29. The molecule has 0 bridgehead atoms. The number of nitrogens with zero attached hydrogens (tertiary/aromatic N) is 2. The predicted molar refractivity (Wildman–Crippen MR) is 94.6 cm³/mol. The molecule has 0 unspecified atom stereocenters. The quantitative estimate of drug-likeness (QED) is 0.817. The fraction of sp³-hybridized carbons (Fsp3) is 0.389. The van der Waals surface area contributed by atoms with E-state index >= 15 is 0 Å². The number of carbonyl (C=O) groups is 1. The molecule has 2 aromatic rings. The molecule has 0 aliphatic carbocycles. The summed E-state index contributed by atoms with van der Waals surface area (Å²) in [4.78, 5) is 20.8. The first-order valence-corrected chi connectivity index (χ1v) is 8.01. The molecule has 1 amide bonds. The first-order valence-electron chi connectivity index (χ1n) is 8.01. The minimum Gasteiger partial charge on any atom is -0.497 e. The number of amides is 1. The highest BCUT2D eigenvalue weighted by molar-refractivity contribution is 5.92. The van der Waals surface area contributed by atoms with Crippen molar-refractivity contribution in [1.82, 2.24) is 15.3 Å². The summed E-state index contributed by atoms with van der Waals surface area (Å²) in [6.07, 6.45) is 0.747. The van der Waals surface area contributed by atoms with Crippen molar-refractivity contribution in [2.45, 2.75) is 33.2 Å². The number of methoxy groups -OCH3 is 1. The molecule has 1 aromatic carbocycles. The van der Waals surface area contributed by atoms with Crippen molar-refractivity contribution in [3.05, 3.63) is 47.4 Å². The van der Waals surface area contributed by atoms with Crippen molar-refractivity contribution in [3.8, 4) is 5.75 Å². The molecule has 2 N–H and O–H groups in total. The van der Waals surface area contributed by atoms with Gasteiger partial charge in [0.1, 0.15) is 23.1 Å². The van der Waals surface area contributed by atoms with Crippen LogP contribution in [0.15, 0.2) is 30.3 Å². The molecule has 24 heavy (non-hydrogen) atoms. The van der Waals surface area contributed by atoms with Gasteiger partial charge in [-0.05, 0) is 44.9 Å². The van der Waals surface area contributed by atoms with Crippen LogP contribution in [0.2, 0.25) is 0 Å². The van der Waals surface area contributed by atoms with Crippen LogP contribution in [-0.4, -0.2) is 35.6 Å². The molecular formula is C18H24N4O2. The maximum Gasteiger partial charge on any atom is 0.270 e. The molecule has 0 radical (unpaired) electrons. The number of hydrogen-bond donors (Lipinski definition) is 2. The zero-order valence-electron chi connectivity index (χ0n) is 14.6. The molecular weight excluding hydrogens is 304 g/mol. The molecule has 6 heteroatoms. The molecule has 6 nitrogen and oxygen atoms in total. The lowest BCUT2D eigenvalue weighted by Crippen LogP contribution is -2.27. The summed E-state index contributed by atoms with van der Waals surface area (Å²) in [5, 5.41) is 6.09. The van der Waals surface area contributed by atoms with Crippen LogP contribution in [0.3, 0.4) is 0 Å². The van der Waals surface area contributed by atoms with E-state index in [2.05, 4.69) is 20.6 Å². The second-order valence-corrected chi connectivity index (χ2v) is 5.84. The minimum atomic E-state index is -0.194. The summed E-state index contributed by atoms with van der Waals surface area (Å²) >= 11 is 0. The Bertz CT molecular complexity index is 684. The summed E-state index contributed by atoms with van der Waals surface area (Å²) < 4.78 is 5.13. The monoisotopic (exact) mass is 328 g/mol. The van der Waals surface area contributed by atoms with Crippen LogP contribution in [0.5, 0.6) is 5.75 Å². The molecule has 0 aliphatic heterocycles. The molecule has 0 atom stereocenters. The summed E-state index contributed by atoms with van der Waals surface area (Å²) in [6, 6.07) is 9.72. The Morgan fingerprint density at radius 2 is 1.92 bits per heavy atom. The molecule has 2 rings (SSSR count). The Hall–Kier alpha value is -2.63. The van der Waals surface area contributed by atoms with Gasteiger partial charge in [0.05, 0.1) is 7.11 Å². The normalized spacial score (nSPS) is 10.5. The highest BCUT2D eigenvalue weighted by Gasteiger charge is 2.10. The first kappa shape index (κ1) is 17.7. The third-order valence-electron chi connectivity index (χ3n) is 3.37.